The highest BCUT2D eigenvalue weighted by atomic mass is 19.1. The maximum absolute atomic E-state index is 14.5. The van der Waals surface area contributed by atoms with Crippen LogP contribution in [0, 0.1) is 12.7 Å². The number of rotatable bonds is 4. The number of fused-ring (bicyclic) bond motifs is 1. The highest BCUT2D eigenvalue weighted by Gasteiger charge is 2.28. The van der Waals surface area contributed by atoms with Crippen molar-refractivity contribution in [3.05, 3.63) is 48.0 Å². The van der Waals surface area contributed by atoms with Gasteiger partial charge in [-0.25, -0.2) is 19.2 Å². The van der Waals surface area contributed by atoms with E-state index in [4.69, 9.17) is 9.47 Å². The summed E-state index contributed by atoms with van der Waals surface area (Å²) in [5, 5.41) is 3.60. The van der Waals surface area contributed by atoms with Crippen molar-refractivity contribution in [2.45, 2.75) is 19.9 Å². The summed E-state index contributed by atoms with van der Waals surface area (Å²) in [6.07, 6.45) is 0.939. The average molecular weight is 439 g/mol. The number of methoxy groups -OCH3 is 1. The van der Waals surface area contributed by atoms with Crippen LogP contribution in [0.3, 0.4) is 0 Å². The molecule has 1 N–H and O–H groups in total. The van der Waals surface area contributed by atoms with Crippen LogP contribution in [-0.2, 0) is 0 Å². The van der Waals surface area contributed by atoms with Crippen molar-refractivity contribution in [2.24, 2.45) is 0 Å². The lowest BCUT2D eigenvalue weighted by Crippen LogP contribution is -2.53. The lowest BCUT2D eigenvalue weighted by Gasteiger charge is -2.37. The summed E-state index contributed by atoms with van der Waals surface area (Å²) in [5.41, 5.74) is 1.39. The van der Waals surface area contributed by atoms with Gasteiger partial charge in [-0.15, -0.1) is 0 Å². The number of hydrogen-bond donors (Lipinski definition) is 1. The molecule has 9 heteroatoms. The van der Waals surface area contributed by atoms with Gasteiger partial charge in [0.25, 0.3) is 0 Å². The molecular formula is C23H26FN5O3. The number of carbonyl (C=O) groups excluding carboxylic acids is 1. The molecule has 1 fully saturated rings. The minimum absolute atomic E-state index is 0.0255. The van der Waals surface area contributed by atoms with Gasteiger partial charge in [-0.1, -0.05) is 12.1 Å². The van der Waals surface area contributed by atoms with Crippen LogP contribution in [0.15, 0.2) is 36.7 Å². The van der Waals surface area contributed by atoms with Gasteiger partial charge in [-0.2, -0.15) is 0 Å². The molecule has 32 heavy (non-hydrogen) atoms. The molecule has 1 aromatic heterocycles. The van der Waals surface area contributed by atoms with E-state index >= 15 is 0 Å². The molecule has 0 aliphatic carbocycles. The minimum atomic E-state index is -0.445. The number of likely N-dealkylation sites (N-methyl/N-ethyl adjacent to an activating group) is 1. The third-order valence-corrected chi connectivity index (χ3v) is 5.63. The third-order valence-electron chi connectivity index (χ3n) is 5.63. The summed E-state index contributed by atoms with van der Waals surface area (Å²) in [7, 11) is 3.52. The Labute approximate surface area is 186 Å². The number of ether oxygens (including phenoxy) is 2. The second-order valence-electron chi connectivity index (χ2n) is 7.98. The zero-order valence-corrected chi connectivity index (χ0v) is 18.6. The molecule has 0 saturated carbocycles. The molecule has 4 rings (SSSR count). The number of halogens is 1. The lowest BCUT2D eigenvalue weighted by molar-refractivity contribution is 0.0886. The Kier molecular flexibility index (Phi) is 6.09. The first-order valence-corrected chi connectivity index (χ1v) is 10.4. The highest BCUT2D eigenvalue weighted by molar-refractivity contribution is 5.93. The van der Waals surface area contributed by atoms with E-state index in [9.17, 15) is 9.18 Å². The molecule has 1 aliphatic heterocycles. The smallest absolute Gasteiger partial charge is 0.415 e. The number of nitrogens with one attached hydrogen (secondary N) is 1. The molecule has 168 valence electrons. The van der Waals surface area contributed by atoms with E-state index in [0.29, 0.717) is 40.3 Å². The van der Waals surface area contributed by atoms with Gasteiger partial charge in [0.05, 0.1) is 18.3 Å². The minimum Gasteiger partial charge on any atom is -0.493 e. The van der Waals surface area contributed by atoms with E-state index in [-0.39, 0.29) is 17.6 Å². The second kappa shape index (κ2) is 8.96. The Balaban J connectivity index is 1.68. The molecule has 1 aliphatic rings. The quantitative estimate of drug-likeness (QED) is 0.659. The maximum atomic E-state index is 14.5. The van der Waals surface area contributed by atoms with Gasteiger partial charge in [-0.3, -0.25) is 0 Å². The van der Waals surface area contributed by atoms with E-state index < -0.39 is 6.09 Å². The maximum Gasteiger partial charge on any atom is 0.415 e. The topological polar surface area (TPSA) is 79.8 Å². The lowest BCUT2D eigenvalue weighted by atomic mass is 10.1. The zero-order chi connectivity index (χ0) is 22.8. The van der Waals surface area contributed by atoms with Gasteiger partial charge >= 0.3 is 6.09 Å². The molecule has 1 saturated heterocycles. The van der Waals surface area contributed by atoms with Crippen molar-refractivity contribution >= 4 is 28.5 Å². The van der Waals surface area contributed by atoms with Crippen molar-refractivity contribution in [1.29, 1.82) is 0 Å². The first kappa shape index (κ1) is 21.8. The van der Waals surface area contributed by atoms with Crippen molar-refractivity contribution in [3.63, 3.8) is 0 Å². The Morgan fingerprint density at radius 3 is 2.78 bits per heavy atom. The van der Waals surface area contributed by atoms with Crippen LogP contribution in [0.1, 0.15) is 12.5 Å². The Hall–Kier alpha value is -3.46. The van der Waals surface area contributed by atoms with Crippen LogP contribution < -0.4 is 14.8 Å². The van der Waals surface area contributed by atoms with Crippen LogP contribution >= 0.6 is 0 Å². The molecule has 0 spiro atoms. The summed E-state index contributed by atoms with van der Waals surface area (Å²) >= 11 is 0. The third kappa shape index (κ3) is 4.29. The van der Waals surface area contributed by atoms with E-state index in [1.807, 2.05) is 14.0 Å². The second-order valence-corrected chi connectivity index (χ2v) is 7.98. The number of aromatic nitrogens is 2. The van der Waals surface area contributed by atoms with Crippen molar-refractivity contribution in [3.8, 4) is 11.5 Å². The summed E-state index contributed by atoms with van der Waals surface area (Å²) in [6, 6.07) is 8.43. The fourth-order valence-electron chi connectivity index (χ4n) is 3.84. The van der Waals surface area contributed by atoms with Crippen LogP contribution in [0.5, 0.6) is 11.5 Å². The molecule has 0 bridgehead atoms. The van der Waals surface area contributed by atoms with Crippen LogP contribution in [0.4, 0.5) is 20.7 Å². The Morgan fingerprint density at radius 2 is 2.03 bits per heavy atom. The largest absolute Gasteiger partial charge is 0.493 e. The van der Waals surface area contributed by atoms with Crippen LogP contribution in [0.2, 0.25) is 0 Å². The first-order chi connectivity index (χ1) is 15.4. The predicted molar refractivity (Wildman–Crippen MR) is 120 cm³/mol. The Morgan fingerprint density at radius 1 is 1.22 bits per heavy atom. The molecule has 1 atom stereocenters. The molecular weight excluding hydrogens is 413 g/mol. The summed E-state index contributed by atoms with van der Waals surface area (Å²) in [5.74, 6) is 0.661. The predicted octanol–water partition coefficient (Wildman–Crippen LogP) is 3.96. The summed E-state index contributed by atoms with van der Waals surface area (Å²) in [4.78, 5) is 25.3. The van der Waals surface area contributed by atoms with E-state index in [2.05, 4.69) is 20.2 Å². The van der Waals surface area contributed by atoms with Gasteiger partial charge in [-0.05, 0) is 38.6 Å². The van der Waals surface area contributed by atoms with Crippen molar-refractivity contribution in [2.75, 3.05) is 39.1 Å². The highest BCUT2D eigenvalue weighted by Crippen LogP contribution is 2.35. The summed E-state index contributed by atoms with van der Waals surface area (Å²) < 4.78 is 25.7. The Bertz CT molecular complexity index is 1160. The first-order valence-electron chi connectivity index (χ1n) is 10.4. The molecule has 0 radical (unpaired) electrons. The van der Waals surface area contributed by atoms with E-state index in [1.165, 1.54) is 13.4 Å². The van der Waals surface area contributed by atoms with E-state index in [1.54, 1.807) is 42.2 Å². The van der Waals surface area contributed by atoms with Crippen molar-refractivity contribution < 1.29 is 18.7 Å². The number of benzene rings is 2. The number of carbonyl (C=O) groups is 1. The number of amides is 1. The SMILES string of the molecule is COc1cc2ncnc(Nc3cccc(C)c3F)c2cc1OC(=O)N1CCN(C)CC1C. The summed E-state index contributed by atoms with van der Waals surface area (Å²) in [6.45, 7) is 5.81. The number of anilines is 2. The van der Waals surface area contributed by atoms with Crippen molar-refractivity contribution in [1.82, 2.24) is 19.8 Å². The van der Waals surface area contributed by atoms with E-state index in [0.717, 1.165) is 13.1 Å². The monoisotopic (exact) mass is 439 g/mol. The normalized spacial score (nSPS) is 16.8. The number of piperazine rings is 1. The standard InChI is InChI=1S/C23H26FN5O3/c1-14-6-5-7-17(21(14)24)27-22-16-10-20(19(31-4)11-18(16)25-13-26-22)32-23(30)29-9-8-28(3)12-15(29)2/h5-7,10-11,13,15H,8-9,12H2,1-4H3,(H,25,26,27). The molecule has 1 amide bonds. The fraction of sp³-hybridized carbons (Fsp3) is 0.348. The fourth-order valence-corrected chi connectivity index (χ4v) is 3.84. The molecule has 2 aromatic carbocycles. The molecule has 2 heterocycles. The number of nitrogens with zero attached hydrogens (tertiary/aromatic N) is 4. The van der Waals surface area contributed by atoms with Gasteiger partial charge < -0.3 is 24.6 Å². The number of hydrogen-bond acceptors (Lipinski definition) is 7. The molecule has 1 unspecified atom stereocenters. The van der Waals surface area contributed by atoms with Crippen LogP contribution in [0.25, 0.3) is 10.9 Å². The number of aryl methyl sites for hydroxylation is 1. The van der Waals surface area contributed by atoms with Crippen LogP contribution in [-0.4, -0.2) is 65.7 Å². The average Bonchev–Trinajstić information content (AvgIpc) is 2.76. The zero-order valence-electron chi connectivity index (χ0n) is 18.6. The van der Waals surface area contributed by atoms with Gasteiger partial charge in [0, 0.05) is 37.1 Å². The van der Waals surface area contributed by atoms with Gasteiger partial charge in [0.1, 0.15) is 18.0 Å². The molecule has 3 aromatic rings. The van der Waals surface area contributed by atoms with Gasteiger partial charge in [0.15, 0.2) is 11.5 Å². The molecule has 8 nitrogen and oxygen atoms in total. The van der Waals surface area contributed by atoms with Gasteiger partial charge in [0.2, 0.25) is 0 Å².